The summed E-state index contributed by atoms with van der Waals surface area (Å²) in [5.74, 6) is -0.354. The number of rotatable bonds is 1. The molecule has 1 aliphatic carbocycles. The Morgan fingerprint density at radius 2 is 2.50 bits per heavy atom. The van der Waals surface area contributed by atoms with E-state index in [1.807, 2.05) is 0 Å². The number of aliphatic hydroxyl groups is 1. The summed E-state index contributed by atoms with van der Waals surface area (Å²) in [6, 6.07) is -0.153. The molecule has 1 saturated carbocycles. The fraction of sp³-hybridized carbons (Fsp3) is 1.00. The third kappa shape index (κ3) is 1.01. The Labute approximate surface area is 52.5 Å². The molecule has 0 aromatic carbocycles. The van der Waals surface area contributed by atoms with Crippen molar-refractivity contribution in [2.24, 2.45) is 11.7 Å². The van der Waals surface area contributed by atoms with Crippen LogP contribution in [-0.4, -0.2) is 17.7 Å². The predicted octanol–water partition coefficient (Wildman–Crippen LogP) is 0.106. The van der Waals surface area contributed by atoms with Crippen molar-refractivity contribution in [3.8, 4) is 0 Å². The van der Waals surface area contributed by atoms with Gasteiger partial charge >= 0.3 is 0 Å². The molecular formula is C6H13NO. The Kier molecular flexibility index (Phi) is 1.19. The van der Waals surface area contributed by atoms with Gasteiger partial charge in [-0.25, -0.2) is 0 Å². The molecule has 0 aromatic rings. The number of hydrogen-bond donors (Lipinski definition) is 2. The monoisotopic (exact) mass is 117 g/mol. The molecule has 0 aromatic heterocycles. The minimum atomic E-state index is -2.07. The average Bonchev–Trinajstić information content (AvgIpc) is 2.11. The first kappa shape index (κ1) is 3.85. The molecule has 3 N–H and O–H groups in total. The van der Waals surface area contributed by atoms with Gasteiger partial charge in [-0.15, -0.1) is 0 Å². The van der Waals surface area contributed by atoms with Crippen LogP contribution in [0.5, 0.6) is 0 Å². The van der Waals surface area contributed by atoms with Gasteiger partial charge in [0.1, 0.15) is 0 Å². The highest BCUT2D eigenvalue weighted by Gasteiger charge is 2.22. The minimum absolute atomic E-state index is 0.153. The Hall–Kier alpha value is -0.0800. The SMILES string of the molecule is [2H]C([2H])(O)C1CCCC1N. The fourth-order valence-electron chi connectivity index (χ4n) is 1.15. The lowest BCUT2D eigenvalue weighted by molar-refractivity contribution is 0.218. The van der Waals surface area contributed by atoms with Crippen LogP contribution in [0.4, 0.5) is 0 Å². The molecule has 0 radical (unpaired) electrons. The normalized spacial score (nSPS) is 43.8. The van der Waals surface area contributed by atoms with E-state index in [2.05, 4.69) is 0 Å². The molecule has 2 heteroatoms. The maximum Gasteiger partial charge on any atom is 0.0567 e. The lowest BCUT2D eigenvalue weighted by Crippen LogP contribution is -2.26. The number of hydrogen-bond acceptors (Lipinski definition) is 2. The van der Waals surface area contributed by atoms with Crippen LogP contribution in [0, 0.1) is 5.92 Å². The van der Waals surface area contributed by atoms with E-state index < -0.39 is 6.56 Å². The molecule has 48 valence electrons. The zero-order valence-corrected chi connectivity index (χ0v) is 4.80. The first-order valence-corrected chi connectivity index (χ1v) is 3.00. The summed E-state index contributed by atoms with van der Waals surface area (Å²) in [5, 5.41) is 8.94. The third-order valence-electron chi connectivity index (χ3n) is 1.74. The van der Waals surface area contributed by atoms with E-state index in [9.17, 15) is 0 Å². The lowest BCUT2D eigenvalue weighted by atomic mass is 10.1. The van der Waals surface area contributed by atoms with Gasteiger partial charge in [-0.3, -0.25) is 0 Å². The molecule has 1 rings (SSSR count). The van der Waals surface area contributed by atoms with E-state index in [0.717, 1.165) is 12.8 Å². The van der Waals surface area contributed by atoms with Gasteiger partial charge in [0.2, 0.25) is 0 Å². The van der Waals surface area contributed by atoms with Gasteiger partial charge in [0.25, 0.3) is 0 Å². The summed E-state index contributed by atoms with van der Waals surface area (Å²) in [6.45, 7) is -2.07. The molecule has 0 amide bonds. The first-order chi connectivity index (χ1) is 4.52. The van der Waals surface area contributed by atoms with Crippen molar-refractivity contribution in [2.45, 2.75) is 25.3 Å². The van der Waals surface area contributed by atoms with E-state index >= 15 is 0 Å². The van der Waals surface area contributed by atoms with Crippen LogP contribution in [0.1, 0.15) is 22.0 Å². The molecule has 0 aliphatic heterocycles. The highest BCUT2D eigenvalue weighted by molar-refractivity contribution is 4.78. The smallest absolute Gasteiger partial charge is 0.0567 e. The Morgan fingerprint density at radius 1 is 1.75 bits per heavy atom. The first-order valence-electron chi connectivity index (χ1n) is 4.00. The van der Waals surface area contributed by atoms with Gasteiger partial charge in [-0.2, -0.15) is 0 Å². The summed E-state index contributed by atoms with van der Waals surface area (Å²) in [4.78, 5) is 0. The minimum Gasteiger partial charge on any atom is -0.396 e. The van der Waals surface area contributed by atoms with Gasteiger partial charge in [0.15, 0.2) is 0 Å². The summed E-state index contributed by atoms with van der Waals surface area (Å²) < 4.78 is 14.0. The van der Waals surface area contributed by atoms with Crippen molar-refractivity contribution in [3.63, 3.8) is 0 Å². The second-order valence-corrected chi connectivity index (χ2v) is 2.33. The highest BCUT2D eigenvalue weighted by Crippen LogP contribution is 2.22. The number of nitrogens with two attached hydrogens (primary N) is 1. The van der Waals surface area contributed by atoms with Crippen LogP contribution in [0.15, 0.2) is 0 Å². The molecule has 1 aliphatic rings. The van der Waals surface area contributed by atoms with Gasteiger partial charge < -0.3 is 10.8 Å². The molecule has 0 bridgehead atoms. The largest absolute Gasteiger partial charge is 0.396 e. The van der Waals surface area contributed by atoms with Gasteiger partial charge in [0.05, 0.1) is 2.74 Å². The van der Waals surface area contributed by atoms with Gasteiger partial charge in [-0.1, -0.05) is 6.42 Å². The van der Waals surface area contributed by atoms with Crippen LogP contribution in [0.2, 0.25) is 0 Å². The van der Waals surface area contributed by atoms with E-state index in [1.54, 1.807) is 0 Å². The molecular weight excluding hydrogens is 102 g/mol. The quantitative estimate of drug-likeness (QED) is 0.512. The van der Waals surface area contributed by atoms with Crippen LogP contribution >= 0.6 is 0 Å². The molecule has 8 heavy (non-hydrogen) atoms. The van der Waals surface area contributed by atoms with Crippen LogP contribution in [0.25, 0.3) is 0 Å². The third-order valence-corrected chi connectivity index (χ3v) is 1.74. The van der Waals surface area contributed by atoms with Crippen molar-refractivity contribution in [1.82, 2.24) is 0 Å². The summed E-state index contributed by atoms with van der Waals surface area (Å²) in [7, 11) is 0. The molecule has 1 fully saturated rings. The standard InChI is InChI=1S/C6H13NO/c7-6-3-1-2-5(6)4-8/h5-6,8H,1-4,7H2/i4D2. The molecule has 2 nitrogen and oxygen atoms in total. The van der Waals surface area contributed by atoms with E-state index in [4.69, 9.17) is 13.6 Å². The molecule has 2 unspecified atom stereocenters. The van der Waals surface area contributed by atoms with Crippen molar-refractivity contribution in [3.05, 3.63) is 0 Å². The van der Waals surface area contributed by atoms with Crippen molar-refractivity contribution in [2.75, 3.05) is 6.56 Å². The Bertz CT molecular complexity index is 123. The average molecular weight is 117 g/mol. The molecule has 0 spiro atoms. The molecule has 0 heterocycles. The summed E-state index contributed by atoms with van der Waals surface area (Å²) >= 11 is 0. The second-order valence-electron chi connectivity index (χ2n) is 2.33. The Balaban J connectivity index is 2.55. The molecule has 0 saturated heterocycles. The second kappa shape index (κ2) is 2.46. The predicted molar refractivity (Wildman–Crippen MR) is 32.4 cm³/mol. The van der Waals surface area contributed by atoms with Crippen molar-refractivity contribution >= 4 is 0 Å². The lowest BCUT2D eigenvalue weighted by Gasteiger charge is -2.09. The molecule has 2 atom stereocenters. The van der Waals surface area contributed by atoms with Crippen LogP contribution < -0.4 is 5.73 Å². The van der Waals surface area contributed by atoms with Crippen molar-refractivity contribution in [1.29, 1.82) is 0 Å². The zero-order valence-electron chi connectivity index (χ0n) is 6.80. The van der Waals surface area contributed by atoms with Crippen LogP contribution in [0.3, 0.4) is 0 Å². The zero-order chi connectivity index (χ0) is 7.78. The van der Waals surface area contributed by atoms with E-state index in [-0.39, 0.29) is 12.0 Å². The summed E-state index contributed by atoms with van der Waals surface area (Å²) in [5.41, 5.74) is 5.57. The topological polar surface area (TPSA) is 46.2 Å². The maximum atomic E-state index is 8.94. The van der Waals surface area contributed by atoms with Gasteiger partial charge in [-0.05, 0) is 18.8 Å². The van der Waals surface area contributed by atoms with Gasteiger partial charge in [0, 0.05) is 12.6 Å². The summed E-state index contributed by atoms with van der Waals surface area (Å²) in [6.07, 6.45) is 2.49. The maximum absolute atomic E-state index is 8.94. The van der Waals surface area contributed by atoms with E-state index in [1.165, 1.54) is 0 Å². The van der Waals surface area contributed by atoms with E-state index in [0.29, 0.717) is 6.42 Å². The Morgan fingerprint density at radius 3 is 2.75 bits per heavy atom. The highest BCUT2D eigenvalue weighted by atomic mass is 16.3. The van der Waals surface area contributed by atoms with Crippen molar-refractivity contribution < 1.29 is 7.85 Å². The fourth-order valence-corrected chi connectivity index (χ4v) is 1.15. The van der Waals surface area contributed by atoms with Crippen LogP contribution in [-0.2, 0) is 0 Å².